The van der Waals surface area contributed by atoms with Gasteiger partial charge in [0.2, 0.25) is 0 Å². The van der Waals surface area contributed by atoms with E-state index in [0.717, 1.165) is 19.5 Å². The number of halogens is 1. The number of hydrogen-bond donors (Lipinski definition) is 1. The molecule has 2 aromatic rings. The highest BCUT2D eigenvalue weighted by molar-refractivity contribution is 5.42. The molecule has 4 atom stereocenters. The predicted octanol–water partition coefficient (Wildman–Crippen LogP) is 3.80. The summed E-state index contributed by atoms with van der Waals surface area (Å²) in [6.07, 6.45) is 5.41. The average Bonchev–Trinajstić information content (AvgIpc) is 3.25. The molecule has 0 unspecified atom stereocenters. The van der Waals surface area contributed by atoms with Crippen LogP contribution in [0.1, 0.15) is 23.6 Å². The van der Waals surface area contributed by atoms with E-state index in [-0.39, 0.29) is 23.7 Å². The predicted molar refractivity (Wildman–Crippen MR) is 92.5 cm³/mol. The van der Waals surface area contributed by atoms with Crippen LogP contribution in [0.25, 0.3) is 0 Å². The fraction of sp³-hybridized carbons (Fsp3) is 0.333. The number of likely N-dealkylation sites (tertiary alicyclic amines) is 1. The summed E-state index contributed by atoms with van der Waals surface area (Å²) in [4.78, 5) is 2.32. The van der Waals surface area contributed by atoms with Crippen LogP contribution in [0.15, 0.2) is 60.7 Å². The summed E-state index contributed by atoms with van der Waals surface area (Å²) in [5, 5.41) is 10.4. The van der Waals surface area contributed by atoms with Gasteiger partial charge in [-0.15, -0.1) is 0 Å². The summed E-state index contributed by atoms with van der Waals surface area (Å²) in [5.41, 5.74) is 1.37. The summed E-state index contributed by atoms with van der Waals surface area (Å²) in [5.74, 6) is 0.176. The number of phenolic OH excluding ortho intramolecular Hbond substituents is 1. The Labute approximate surface area is 146 Å². The Balaban J connectivity index is 1.59. The normalized spacial score (nSPS) is 33.1. The molecule has 2 bridgehead atoms. The number of rotatable bonds is 3. The molecule has 0 aliphatic carbocycles. The van der Waals surface area contributed by atoms with Gasteiger partial charge in [-0.1, -0.05) is 42.5 Å². The Bertz CT molecular complexity index is 837. The number of aromatic hydroxyl groups is 1. The molecular weight excluding hydrogens is 317 g/mol. The van der Waals surface area contributed by atoms with Gasteiger partial charge in [0, 0.05) is 24.6 Å². The molecule has 25 heavy (non-hydrogen) atoms. The Morgan fingerprint density at radius 1 is 1.20 bits per heavy atom. The zero-order valence-electron chi connectivity index (χ0n) is 13.8. The highest BCUT2D eigenvalue weighted by Gasteiger charge is 2.61. The topological polar surface area (TPSA) is 32.7 Å². The molecule has 3 aliphatic heterocycles. The quantitative estimate of drug-likeness (QED) is 0.865. The van der Waals surface area contributed by atoms with Crippen LogP contribution >= 0.6 is 0 Å². The van der Waals surface area contributed by atoms with E-state index in [2.05, 4.69) is 29.2 Å². The van der Waals surface area contributed by atoms with Crippen LogP contribution in [0.3, 0.4) is 0 Å². The first kappa shape index (κ1) is 15.1. The third-order valence-electron chi connectivity index (χ3n) is 5.84. The fourth-order valence-corrected chi connectivity index (χ4v) is 4.85. The van der Waals surface area contributed by atoms with Crippen LogP contribution in [0.4, 0.5) is 4.39 Å². The van der Waals surface area contributed by atoms with Crippen molar-refractivity contribution in [2.75, 3.05) is 6.54 Å². The molecule has 0 saturated carbocycles. The summed E-state index contributed by atoms with van der Waals surface area (Å²) >= 11 is 0. The smallest absolute Gasteiger partial charge is 0.123 e. The molecule has 0 aromatic heterocycles. The maximum absolute atomic E-state index is 13.9. The van der Waals surface area contributed by atoms with Gasteiger partial charge in [0.05, 0.1) is 12.1 Å². The number of fused-ring (bicyclic) bond motifs is 1. The van der Waals surface area contributed by atoms with E-state index >= 15 is 0 Å². The van der Waals surface area contributed by atoms with E-state index in [1.54, 1.807) is 0 Å². The van der Waals surface area contributed by atoms with E-state index in [4.69, 9.17) is 4.74 Å². The fourth-order valence-electron chi connectivity index (χ4n) is 4.85. The number of benzene rings is 2. The van der Waals surface area contributed by atoms with Crippen molar-refractivity contribution in [3.8, 4) is 5.75 Å². The first-order valence-electron chi connectivity index (χ1n) is 8.79. The van der Waals surface area contributed by atoms with Gasteiger partial charge in [0.25, 0.3) is 0 Å². The van der Waals surface area contributed by atoms with Crippen molar-refractivity contribution in [1.29, 1.82) is 0 Å². The third kappa shape index (κ3) is 2.25. The van der Waals surface area contributed by atoms with Crippen LogP contribution < -0.4 is 0 Å². The standard InChI is InChI=1S/C21H20FNO2/c22-16-6-7-19(24)18(11-16)20-21-9-8-17(25-21)10-15(21)13-23(20)12-14-4-2-1-3-5-14/h1-9,11,15,17,20,24H,10,12-13H2/t15-,17+,20+,21-/m1/s1. The van der Waals surface area contributed by atoms with Gasteiger partial charge in [-0.25, -0.2) is 4.39 Å². The second-order valence-corrected chi connectivity index (χ2v) is 7.32. The van der Waals surface area contributed by atoms with Crippen LogP contribution in [-0.4, -0.2) is 28.3 Å². The Kier molecular flexibility index (Phi) is 3.27. The highest BCUT2D eigenvalue weighted by atomic mass is 19.1. The Morgan fingerprint density at radius 3 is 2.84 bits per heavy atom. The minimum Gasteiger partial charge on any atom is -0.508 e. The first-order valence-corrected chi connectivity index (χ1v) is 8.79. The monoisotopic (exact) mass is 337 g/mol. The van der Waals surface area contributed by atoms with Gasteiger partial charge in [0.1, 0.15) is 17.2 Å². The summed E-state index contributed by atoms with van der Waals surface area (Å²) in [6.45, 7) is 1.64. The first-order chi connectivity index (χ1) is 12.2. The van der Waals surface area contributed by atoms with Crippen LogP contribution in [0, 0.1) is 11.7 Å². The number of ether oxygens (including phenoxy) is 1. The maximum Gasteiger partial charge on any atom is 0.123 e. The SMILES string of the molecule is Oc1ccc(F)cc1[C@@H]1N(Cc2ccccc2)C[C@H]2C[C@@H]3C=C[C@@]21O3. The zero-order valence-corrected chi connectivity index (χ0v) is 13.8. The minimum atomic E-state index is -0.454. The summed E-state index contributed by atoms with van der Waals surface area (Å²) in [7, 11) is 0. The molecule has 3 heterocycles. The molecule has 2 saturated heterocycles. The van der Waals surface area contributed by atoms with Crippen molar-refractivity contribution in [2.24, 2.45) is 5.92 Å². The second-order valence-electron chi connectivity index (χ2n) is 7.32. The van der Waals surface area contributed by atoms with Gasteiger partial charge >= 0.3 is 0 Å². The molecule has 2 aromatic carbocycles. The molecule has 1 N–H and O–H groups in total. The van der Waals surface area contributed by atoms with Crippen LogP contribution in [0.5, 0.6) is 5.75 Å². The zero-order chi connectivity index (χ0) is 17.0. The minimum absolute atomic E-state index is 0.131. The largest absolute Gasteiger partial charge is 0.508 e. The maximum atomic E-state index is 13.9. The van der Waals surface area contributed by atoms with E-state index in [9.17, 15) is 9.50 Å². The van der Waals surface area contributed by atoms with Gasteiger partial charge in [0.15, 0.2) is 0 Å². The van der Waals surface area contributed by atoms with E-state index in [0.29, 0.717) is 11.5 Å². The average molecular weight is 337 g/mol. The van der Waals surface area contributed by atoms with Crippen molar-refractivity contribution in [2.45, 2.75) is 30.7 Å². The van der Waals surface area contributed by atoms with Gasteiger partial charge in [-0.3, -0.25) is 4.90 Å². The van der Waals surface area contributed by atoms with E-state index < -0.39 is 5.60 Å². The molecular formula is C21H20FNO2. The molecule has 128 valence electrons. The Morgan fingerprint density at radius 2 is 2.04 bits per heavy atom. The van der Waals surface area contributed by atoms with Crippen LogP contribution in [0.2, 0.25) is 0 Å². The molecule has 1 spiro atoms. The van der Waals surface area contributed by atoms with Crippen LogP contribution in [-0.2, 0) is 11.3 Å². The summed E-state index contributed by atoms with van der Waals surface area (Å²) < 4.78 is 20.3. The number of hydrogen-bond acceptors (Lipinski definition) is 3. The molecule has 3 aliphatic rings. The van der Waals surface area contributed by atoms with Crippen molar-refractivity contribution in [3.05, 3.63) is 77.6 Å². The van der Waals surface area contributed by atoms with E-state index in [1.807, 2.05) is 18.2 Å². The van der Waals surface area contributed by atoms with Gasteiger partial charge in [-0.05, 0) is 30.2 Å². The number of phenols is 1. The van der Waals surface area contributed by atoms with Gasteiger partial charge < -0.3 is 9.84 Å². The highest BCUT2D eigenvalue weighted by Crippen LogP contribution is 2.58. The van der Waals surface area contributed by atoms with Crippen molar-refractivity contribution >= 4 is 0 Å². The molecule has 0 amide bonds. The lowest BCUT2D eigenvalue weighted by atomic mass is 9.79. The second kappa shape index (κ2) is 5.41. The Hall–Kier alpha value is -2.17. The lowest BCUT2D eigenvalue weighted by molar-refractivity contribution is -0.0143. The van der Waals surface area contributed by atoms with E-state index in [1.165, 1.54) is 23.8 Å². The molecule has 0 radical (unpaired) electrons. The van der Waals surface area contributed by atoms with Crippen molar-refractivity contribution in [3.63, 3.8) is 0 Å². The molecule has 2 fully saturated rings. The lowest BCUT2D eigenvalue weighted by Gasteiger charge is -2.34. The van der Waals surface area contributed by atoms with Gasteiger partial charge in [-0.2, -0.15) is 0 Å². The molecule has 4 heteroatoms. The lowest BCUT2D eigenvalue weighted by Crippen LogP contribution is -2.37. The number of nitrogens with zero attached hydrogens (tertiary/aromatic N) is 1. The molecule has 3 nitrogen and oxygen atoms in total. The molecule has 5 rings (SSSR count). The van der Waals surface area contributed by atoms with Crippen molar-refractivity contribution < 1.29 is 14.2 Å². The third-order valence-corrected chi connectivity index (χ3v) is 5.84. The van der Waals surface area contributed by atoms with Crippen molar-refractivity contribution in [1.82, 2.24) is 4.90 Å². The summed E-state index contributed by atoms with van der Waals surface area (Å²) in [6, 6.07) is 14.3.